The second-order valence-corrected chi connectivity index (χ2v) is 15.9. The number of carbonyl (C=O) groups is 1. The summed E-state index contributed by atoms with van der Waals surface area (Å²) < 4.78 is 59.9. The van der Waals surface area contributed by atoms with Crippen molar-refractivity contribution in [3.05, 3.63) is 106 Å². The predicted molar refractivity (Wildman–Crippen MR) is 191 cm³/mol. The van der Waals surface area contributed by atoms with Gasteiger partial charge in [0, 0.05) is 23.2 Å². The quantitative estimate of drug-likeness (QED) is 0.0743. The first-order valence-corrected chi connectivity index (χ1v) is 18.8. The lowest BCUT2D eigenvalue weighted by atomic mass is 9.90. The molecule has 1 aliphatic heterocycles. The van der Waals surface area contributed by atoms with Gasteiger partial charge in [0.1, 0.15) is 5.54 Å². The second-order valence-electron chi connectivity index (χ2n) is 11.6. The first-order valence-electron chi connectivity index (χ1n) is 14.8. The van der Waals surface area contributed by atoms with Crippen LogP contribution in [0.15, 0.2) is 101 Å². The number of hydrogen-bond donors (Lipinski definition) is 5. The predicted octanol–water partition coefficient (Wildman–Crippen LogP) is 4.60. The number of amides is 1. The summed E-state index contributed by atoms with van der Waals surface area (Å²) in [5, 5.41) is 12.6. The molecule has 0 unspecified atom stereocenters. The average molecular weight is 792 g/mol. The van der Waals surface area contributed by atoms with Crippen molar-refractivity contribution < 1.29 is 26.2 Å². The fourth-order valence-electron chi connectivity index (χ4n) is 5.25. The molecule has 11 nitrogen and oxygen atoms in total. The van der Waals surface area contributed by atoms with Gasteiger partial charge in [0.05, 0.1) is 9.79 Å². The Balaban J connectivity index is 0.000000385. The molecule has 5 rings (SSSR count). The number of likely N-dealkylation sites (tertiary alicyclic amines) is 1. The largest absolute Gasteiger partial charge is 0.370 e. The third-order valence-corrected chi connectivity index (χ3v) is 11.1. The Bertz CT molecular complexity index is 1960. The van der Waals surface area contributed by atoms with Crippen LogP contribution in [-0.4, -0.2) is 57.8 Å². The number of hydrogen-bond acceptors (Lipinski definition) is 6. The maximum absolute atomic E-state index is 13.7. The van der Waals surface area contributed by atoms with Crippen LogP contribution in [0.1, 0.15) is 30.9 Å². The Morgan fingerprint density at radius 2 is 1.60 bits per heavy atom. The van der Waals surface area contributed by atoms with Crippen molar-refractivity contribution >= 4 is 65.4 Å². The van der Waals surface area contributed by atoms with Gasteiger partial charge in [-0.3, -0.25) is 14.8 Å². The molecule has 1 saturated heterocycles. The number of fused-ring (bicyclic) bond motifs is 1. The van der Waals surface area contributed by atoms with Crippen LogP contribution in [-0.2, 0) is 30.5 Å². The molecule has 0 saturated carbocycles. The minimum atomic E-state index is -4.02. The topological polar surface area (TPSA) is 183 Å². The summed E-state index contributed by atoms with van der Waals surface area (Å²) in [6, 6.07) is 25.7. The molecule has 0 aromatic heterocycles. The van der Waals surface area contributed by atoms with E-state index in [4.69, 9.17) is 15.7 Å². The van der Waals surface area contributed by atoms with E-state index in [2.05, 4.69) is 32.6 Å². The van der Waals surface area contributed by atoms with Crippen LogP contribution < -0.4 is 15.8 Å². The SMILES string of the molecule is C[C@](NS(=O)(=O)c1ccc(I)cc1)(C(=O)NC[C@@H]1CCCN(C(=N)N)C1)c1ccc2ccccc2c1.Cc1ccc(S(=O)(=O)O)cc1. The molecule has 250 valence electrons. The van der Waals surface area contributed by atoms with Gasteiger partial charge in [0.2, 0.25) is 15.9 Å². The summed E-state index contributed by atoms with van der Waals surface area (Å²) in [6.45, 7) is 5.10. The molecule has 4 aromatic rings. The van der Waals surface area contributed by atoms with Gasteiger partial charge in [-0.1, -0.05) is 54.1 Å². The smallest absolute Gasteiger partial charge is 0.294 e. The number of nitrogens with zero attached hydrogens (tertiary/aromatic N) is 1. The van der Waals surface area contributed by atoms with E-state index in [9.17, 15) is 21.6 Å². The van der Waals surface area contributed by atoms with Crippen molar-refractivity contribution in [2.24, 2.45) is 11.7 Å². The van der Waals surface area contributed by atoms with Crippen molar-refractivity contribution in [1.29, 1.82) is 5.41 Å². The standard InChI is InChI=1S/C26H30IN5O3S.C7H8O3S/c1-26(21-9-8-19-6-2-3-7-20(19)15-21,31-36(34,35)23-12-10-22(27)11-13-23)24(33)30-16-18-5-4-14-32(17-18)25(28)29;1-6-2-4-7(5-3-6)11(8,9)10/h2-3,6-13,15,18,31H,4-5,14,16-17H2,1H3,(H3,28,29)(H,30,33);2-5H,1H3,(H,8,9,10)/t18-,26+;/m0./s1. The highest BCUT2D eigenvalue weighted by molar-refractivity contribution is 14.1. The highest BCUT2D eigenvalue weighted by Gasteiger charge is 2.40. The number of sulfonamides is 1. The van der Waals surface area contributed by atoms with Crippen molar-refractivity contribution in [2.75, 3.05) is 19.6 Å². The van der Waals surface area contributed by atoms with Gasteiger partial charge < -0.3 is 16.0 Å². The zero-order chi connectivity index (χ0) is 34.4. The molecule has 1 aliphatic rings. The van der Waals surface area contributed by atoms with Gasteiger partial charge in [-0.15, -0.1) is 0 Å². The van der Waals surface area contributed by atoms with E-state index < -0.39 is 31.6 Å². The molecule has 4 aromatic carbocycles. The molecule has 0 bridgehead atoms. The van der Waals surface area contributed by atoms with Crippen LogP contribution in [0, 0.1) is 21.8 Å². The normalized spacial score (nSPS) is 16.4. The molecule has 2 atom stereocenters. The molecule has 6 N–H and O–H groups in total. The van der Waals surface area contributed by atoms with Crippen molar-refractivity contribution in [1.82, 2.24) is 14.9 Å². The van der Waals surface area contributed by atoms with Crippen LogP contribution in [0.4, 0.5) is 0 Å². The molecular weight excluding hydrogens is 753 g/mol. The van der Waals surface area contributed by atoms with E-state index in [1.807, 2.05) is 43.3 Å². The van der Waals surface area contributed by atoms with Gasteiger partial charge >= 0.3 is 0 Å². The Labute approximate surface area is 289 Å². The zero-order valence-corrected chi connectivity index (χ0v) is 29.8. The lowest BCUT2D eigenvalue weighted by molar-refractivity contribution is -0.127. The van der Waals surface area contributed by atoms with E-state index in [1.165, 1.54) is 24.3 Å². The molecule has 0 aliphatic carbocycles. The molecule has 47 heavy (non-hydrogen) atoms. The van der Waals surface area contributed by atoms with Crippen LogP contribution in [0.2, 0.25) is 0 Å². The number of carbonyl (C=O) groups excluding carboxylic acids is 1. The van der Waals surface area contributed by atoms with Gasteiger partial charge in [0.25, 0.3) is 10.1 Å². The molecule has 0 spiro atoms. The number of nitrogens with one attached hydrogen (secondary N) is 3. The number of rotatable bonds is 8. The molecule has 1 amide bonds. The minimum absolute atomic E-state index is 0.0253. The lowest BCUT2D eigenvalue weighted by Gasteiger charge is -2.34. The number of guanidine groups is 1. The fraction of sp³-hybridized carbons (Fsp3) is 0.273. The van der Waals surface area contributed by atoms with Crippen LogP contribution >= 0.6 is 22.6 Å². The molecule has 14 heteroatoms. The Morgan fingerprint density at radius 3 is 2.21 bits per heavy atom. The first kappa shape index (κ1) is 36.3. The molecule has 0 radical (unpaired) electrons. The lowest BCUT2D eigenvalue weighted by Crippen LogP contribution is -2.55. The summed E-state index contributed by atoms with van der Waals surface area (Å²) in [5.74, 6) is -0.301. The summed E-state index contributed by atoms with van der Waals surface area (Å²) in [5.41, 5.74) is 5.60. The highest BCUT2D eigenvalue weighted by atomic mass is 127. The number of piperidine rings is 1. The second kappa shape index (κ2) is 15.1. The molecule has 1 fully saturated rings. The number of aryl methyl sites for hydroxylation is 1. The maximum atomic E-state index is 13.7. The van der Waals surface area contributed by atoms with Crippen molar-refractivity contribution in [2.45, 2.75) is 42.0 Å². The van der Waals surface area contributed by atoms with Crippen LogP contribution in [0.5, 0.6) is 0 Å². The van der Waals surface area contributed by atoms with Gasteiger partial charge in [0.15, 0.2) is 5.96 Å². The first-order chi connectivity index (χ1) is 22.1. The zero-order valence-electron chi connectivity index (χ0n) is 26.0. The number of halogens is 1. The Hall–Kier alpha value is -3.57. The monoisotopic (exact) mass is 791 g/mol. The van der Waals surface area contributed by atoms with E-state index in [0.29, 0.717) is 18.7 Å². The summed E-state index contributed by atoms with van der Waals surface area (Å²) in [4.78, 5) is 15.5. The third kappa shape index (κ3) is 9.50. The van der Waals surface area contributed by atoms with Crippen LogP contribution in [0.25, 0.3) is 10.8 Å². The van der Waals surface area contributed by atoms with Gasteiger partial charge in [-0.05, 0) is 114 Å². The van der Waals surface area contributed by atoms with E-state index in [1.54, 1.807) is 42.2 Å². The summed E-state index contributed by atoms with van der Waals surface area (Å²) >= 11 is 2.11. The van der Waals surface area contributed by atoms with Crippen molar-refractivity contribution in [3.63, 3.8) is 0 Å². The highest BCUT2D eigenvalue weighted by Crippen LogP contribution is 2.28. The van der Waals surface area contributed by atoms with Gasteiger partial charge in [-0.25, -0.2) is 8.42 Å². The van der Waals surface area contributed by atoms with Crippen LogP contribution in [0.3, 0.4) is 0 Å². The van der Waals surface area contributed by atoms with Gasteiger partial charge in [-0.2, -0.15) is 13.1 Å². The molecular formula is C33H38IN5O6S2. The Morgan fingerprint density at radius 1 is 0.979 bits per heavy atom. The Kier molecular flexibility index (Phi) is 11.7. The fourth-order valence-corrected chi connectivity index (χ4v) is 7.45. The minimum Gasteiger partial charge on any atom is -0.370 e. The van der Waals surface area contributed by atoms with E-state index in [0.717, 1.165) is 39.3 Å². The summed E-state index contributed by atoms with van der Waals surface area (Å²) in [6.07, 6.45) is 1.77. The number of benzene rings is 4. The van der Waals surface area contributed by atoms with Crippen molar-refractivity contribution in [3.8, 4) is 0 Å². The number of nitrogens with two attached hydrogens (primary N) is 1. The summed E-state index contributed by atoms with van der Waals surface area (Å²) in [7, 11) is -8.03. The molecule has 1 heterocycles. The maximum Gasteiger partial charge on any atom is 0.294 e. The van der Waals surface area contributed by atoms with E-state index in [-0.39, 0.29) is 21.7 Å². The third-order valence-electron chi connectivity index (χ3n) is 7.97. The van der Waals surface area contributed by atoms with E-state index >= 15 is 0 Å². The average Bonchev–Trinajstić information content (AvgIpc) is 3.03.